The van der Waals surface area contributed by atoms with Crippen molar-refractivity contribution < 1.29 is 22.7 Å². The summed E-state index contributed by atoms with van der Waals surface area (Å²) in [6.07, 6.45) is 1.48. The Hall–Kier alpha value is -2.57. The Labute approximate surface area is 118 Å². The molecule has 0 saturated carbocycles. The van der Waals surface area contributed by atoms with Crippen molar-refractivity contribution >= 4 is 11.9 Å². The predicted molar refractivity (Wildman–Crippen MR) is 69.7 cm³/mol. The van der Waals surface area contributed by atoms with Crippen molar-refractivity contribution in [1.29, 1.82) is 0 Å². The largest absolute Gasteiger partial charge is 0.573 e. The second kappa shape index (κ2) is 5.82. The summed E-state index contributed by atoms with van der Waals surface area (Å²) in [5.74, 6) is -0.687. The number of ketones is 1. The molecule has 4 nitrogen and oxygen atoms in total. The first-order valence-corrected chi connectivity index (χ1v) is 5.90. The summed E-state index contributed by atoms with van der Waals surface area (Å²) in [6.45, 7) is 0. The lowest BCUT2D eigenvalue weighted by Gasteiger charge is -2.08. The minimum atomic E-state index is -4.74. The molecule has 0 bridgehead atoms. The number of ether oxygens (including phenoxy) is 1. The number of allylic oxidation sites excluding steroid dienone is 1. The minimum absolute atomic E-state index is 0.268. The first-order chi connectivity index (χ1) is 9.83. The van der Waals surface area contributed by atoms with Crippen LogP contribution in [0.2, 0.25) is 0 Å². The second-order valence-electron chi connectivity index (χ2n) is 4.22. The highest BCUT2D eigenvalue weighted by atomic mass is 19.4. The SMILES string of the molecule is Cn1cc(C=CC(=O)c2ccc(OC(F)(F)F)cc2)cn1. The van der Waals surface area contributed by atoms with Crippen LogP contribution in [0.15, 0.2) is 42.7 Å². The Balaban J connectivity index is 2.04. The minimum Gasteiger partial charge on any atom is -0.406 e. The van der Waals surface area contributed by atoms with Gasteiger partial charge in [0, 0.05) is 24.4 Å². The van der Waals surface area contributed by atoms with Crippen LogP contribution in [0.3, 0.4) is 0 Å². The zero-order valence-electron chi connectivity index (χ0n) is 11.0. The van der Waals surface area contributed by atoms with E-state index in [2.05, 4.69) is 9.84 Å². The summed E-state index contributed by atoms with van der Waals surface area (Å²) in [5, 5.41) is 3.94. The molecule has 0 aliphatic heterocycles. The summed E-state index contributed by atoms with van der Waals surface area (Å²) in [7, 11) is 1.75. The van der Waals surface area contributed by atoms with E-state index in [1.807, 2.05) is 0 Å². The Morgan fingerprint density at radius 1 is 1.29 bits per heavy atom. The normalized spacial score (nSPS) is 11.8. The number of alkyl halides is 3. The molecule has 0 amide bonds. The van der Waals surface area contributed by atoms with Gasteiger partial charge >= 0.3 is 6.36 Å². The Bertz CT molecular complexity index is 658. The molecule has 0 aliphatic rings. The maximum atomic E-state index is 12.0. The van der Waals surface area contributed by atoms with Gasteiger partial charge in [0.25, 0.3) is 0 Å². The maximum Gasteiger partial charge on any atom is 0.573 e. The molecule has 0 radical (unpaired) electrons. The fraction of sp³-hybridized carbons (Fsp3) is 0.143. The van der Waals surface area contributed by atoms with Gasteiger partial charge in [-0.2, -0.15) is 5.10 Å². The fourth-order valence-corrected chi connectivity index (χ4v) is 1.62. The molecule has 1 heterocycles. The number of aryl methyl sites for hydroxylation is 1. The van der Waals surface area contributed by atoms with Crippen LogP contribution in [0.25, 0.3) is 6.08 Å². The van der Waals surface area contributed by atoms with Gasteiger partial charge in [-0.25, -0.2) is 0 Å². The zero-order valence-corrected chi connectivity index (χ0v) is 11.0. The quantitative estimate of drug-likeness (QED) is 0.643. The van der Waals surface area contributed by atoms with Crippen molar-refractivity contribution in [3.05, 3.63) is 53.9 Å². The number of nitrogens with zero attached hydrogens (tertiary/aromatic N) is 2. The van der Waals surface area contributed by atoms with Gasteiger partial charge in [-0.1, -0.05) is 0 Å². The molecule has 110 valence electrons. The van der Waals surface area contributed by atoms with Crippen LogP contribution in [-0.2, 0) is 7.05 Å². The van der Waals surface area contributed by atoms with Gasteiger partial charge in [0.05, 0.1) is 6.20 Å². The van der Waals surface area contributed by atoms with E-state index in [4.69, 9.17) is 0 Å². The van der Waals surface area contributed by atoms with Gasteiger partial charge in [0.1, 0.15) is 5.75 Å². The molecule has 0 fully saturated rings. The number of benzene rings is 1. The van der Waals surface area contributed by atoms with Gasteiger partial charge < -0.3 is 4.74 Å². The lowest BCUT2D eigenvalue weighted by molar-refractivity contribution is -0.274. The van der Waals surface area contributed by atoms with Crippen molar-refractivity contribution in [3.8, 4) is 5.75 Å². The van der Waals surface area contributed by atoms with Crippen LogP contribution in [0, 0.1) is 0 Å². The predicted octanol–water partition coefficient (Wildman–Crippen LogP) is 3.21. The van der Waals surface area contributed by atoms with E-state index < -0.39 is 6.36 Å². The van der Waals surface area contributed by atoms with Crippen molar-refractivity contribution in [2.24, 2.45) is 7.05 Å². The standard InChI is InChI=1S/C14H11F3N2O2/c1-19-9-10(8-18-19)2-7-13(20)11-3-5-12(6-4-11)21-14(15,16)17/h2-9H,1H3. The summed E-state index contributed by atoms with van der Waals surface area (Å²) >= 11 is 0. The van der Waals surface area contributed by atoms with Gasteiger partial charge in [0.15, 0.2) is 5.78 Å². The number of halogens is 3. The molecule has 0 N–H and O–H groups in total. The number of rotatable bonds is 4. The van der Waals surface area contributed by atoms with Crippen LogP contribution in [0.1, 0.15) is 15.9 Å². The highest BCUT2D eigenvalue weighted by Crippen LogP contribution is 2.22. The van der Waals surface area contributed by atoms with Crippen molar-refractivity contribution in [2.75, 3.05) is 0 Å². The number of carbonyl (C=O) groups excluding carboxylic acids is 1. The molecule has 0 aliphatic carbocycles. The topological polar surface area (TPSA) is 44.1 Å². The van der Waals surface area contributed by atoms with Crippen molar-refractivity contribution in [2.45, 2.75) is 6.36 Å². The first-order valence-electron chi connectivity index (χ1n) is 5.90. The van der Waals surface area contributed by atoms with Crippen LogP contribution in [0.5, 0.6) is 5.75 Å². The van der Waals surface area contributed by atoms with E-state index in [9.17, 15) is 18.0 Å². The van der Waals surface area contributed by atoms with Crippen LogP contribution in [0.4, 0.5) is 13.2 Å². The molecule has 1 aromatic carbocycles. The average molecular weight is 296 g/mol. The highest BCUT2D eigenvalue weighted by molar-refractivity contribution is 6.06. The van der Waals surface area contributed by atoms with Gasteiger partial charge in [0.2, 0.25) is 0 Å². The Kier molecular flexibility index (Phi) is 4.11. The number of hydrogen-bond acceptors (Lipinski definition) is 3. The van der Waals surface area contributed by atoms with E-state index in [0.29, 0.717) is 0 Å². The molecule has 0 saturated heterocycles. The molecule has 0 atom stereocenters. The number of hydrogen-bond donors (Lipinski definition) is 0. The lowest BCUT2D eigenvalue weighted by Crippen LogP contribution is -2.17. The first kappa shape index (κ1) is 14.8. The van der Waals surface area contributed by atoms with Gasteiger partial charge in [-0.3, -0.25) is 9.48 Å². The van der Waals surface area contributed by atoms with Crippen LogP contribution >= 0.6 is 0 Å². The number of carbonyl (C=O) groups is 1. The highest BCUT2D eigenvalue weighted by Gasteiger charge is 2.30. The van der Waals surface area contributed by atoms with E-state index in [1.54, 1.807) is 30.2 Å². The molecular formula is C14H11F3N2O2. The molecule has 7 heteroatoms. The second-order valence-corrected chi connectivity index (χ2v) is 4.22. The summed E-state index contributed by atoms with van der Waals surface area (Å²) in [6, 6.07) is 4.74. The molecular weight excluding hydrogens is 285 g/mol. The molecule has 21 heavy (non-hydrogen) atoms. The smallest absolute Gasteiger partial charge is 0.406 e. The molecule has 1 aromatic heterocycles. The van der Waals surface area contributed by atoms with Crippen LogP contribution < -0.4 is 4.74 Å². The van der Waals surface area contributed by atoms with Gasteiger partial charge in [-0.15, -0.1) is 13.2 Å². The summed E-state index contributed by atoms with van der Waals surface area (Å²) < 4.78 is 41.3. The van der Waals surface area contributed by atoms with Gasteiger partial charge in [-0.05, 0) is 36.4 Å². The number of aromatic nitrogens is 2. The van der Waals surface area contributed by atoms with E-state index in [1.165, 1.54) is 18.2 Å². The lowest BCUT2D eigenvalue weighted by atomic mass is 10.1. The van der Waals surface area contributed by atoms with E-state index in [-0.39, 0.29) is 17.1 Å². The molecule has 2 aromatic rings. The monoisotopic (exact) mass is 296 g/mol. The molecule has 0 spiro atoms. The van der Waals surface area contributed by atoms with E-state index >= 15 is 0 Å². The van der Waals surface area contributed by atoms with Crippen LogP contribution in [-0.4, -0.2) is 21.9 Å². The zero-order chi connectivity index (χ0) is 15.5. The maximum absolute atomic E-state index is 12.0. The molecule has 0 unspecified atom stereocenters. The third-order valence-electron chi connectivity index (χ3n) is 2.52. The Morgan fingerprint density at radius 2 is 1.95 bits per heavy atom. The average Bonchev–Trinajstić information content (AvgIpc) is 2.81. The fourth-order valence-electron chi connectivity index (χ4n) is 1.62. The van der Waals surface area contributed by atoms with Crippen molar-refractivity contribution in [3.63, 3.8) is 0 Å². The third-order valence-corrected chi connectivity index (χ3v) is 2.52. The molecule has 2 rings (SSSR count). The third kappa shape index (κ3) is 4.48. The summed E-state index contributed by atoms with van der Waals surface area (Å²) in [5.41, 5.74) is 1.02. The van der Waals surface area contributed by atoms with E-state index in [0.717, 1.165) is 17.7 Å². The Morgan fingerprint density at radius 3 is 2.48 bits per heavy atom. The summed E-state index contributed by atoms with van der Waals surface area (Å²) in [4.78, 5) is 11.8. The van der Waals surface area contributed by atoms with Crippen molar-refractivity contribution in [1.82, 2.24) is 9.78 Å².